The Labute approximate surface area is 513 Å². The summed E-state index contributed by atoms with van der Waals surface area (Å²) in [5, 5.41) is 33.2. The van der Waals surface area contributed by atoms with Gasteiger partial charge in [0.2, 0.25) is 11.8 Å². The summed E-state index contributed by atoms with van der Waals surface area (Å²) in [5.41, 5.74) is -2.30. The number of ketones is 3. The molecule has 0 fully saturated rings. The first-order chi connectivity index (χ1) is 39.6. The number of Topliss-reactive ketones (excluding diaryl/α,β-unsaturated/α-hetero) is 3. The Hall–Kier alpha value is -3.37. The van der Waals surface area contributed by atoms with Crippen LogP contribution in [0.4, 0.5) is 0 Å². The molecule has 0 aromatic rings. The quantitative estimate of drug-likeness (QED) is 0.0282. The molecule has 0 radical (unpaired) electrons. The van der Waals surface area contributed by atoms with Gasteiger partial charge in [-0.2, -0.15) is 13.5 Å². The molecule has 5 N–H and O–H groups in total. The van der Waals surface area contributed by atoms with Gasteiger partial charge >= 0.3 is 17.9 Å². The number of rotatable bonds is 60. The van der Waals surface area contributed by atoms with Crippen LogP contribution in [-0.4, -0.2) is 102 Å². The predicted molar refractivity (Wildman–Crippen MR) is 344 cm³/mol. The summed E-state index contributed by atoms with van der Waals surface area (Å²) in [7, 11) is 1.57. The van der Waals surface area contributed by atoms with E-state index in [4.69, 9.17) is 19.7 Å². The highest BCUT2D eigenvalue weighted by atomic mass is 32.1. The average Bonchev–Trinajstić information content (AvgIpc) is 3.66. The van der Waals surface area contributed by atoms with Crippen LogP contribution < -0.4 is 10.6 Å². The van der Waals surface area contributed by atoms with Crippen LogP contribution in [0.25, 0.3) is 0 Å². The second-order valence-electron chi connectivity index (χ2n) is 22.7. The van der Waals surface area contributed by atoms with Crippen molar-refractivity contribution in [1.29, 1.82) is 0 Å². The van der Waals surface area contributed by atoms with Crippen LogP contribution >= 0.6 is 13.5 Å². The molecule has 0 saturated heterocycles. The number of carbonyl (C=O) groups excluding carboxylic acids is 5. The first-order valence-corrected chi connectivity index (χ1v) is 33.5. The minimum Gasteiger partial charge on any atom is -0.481 e. The minimum absolute atomic E-state index is 0. The van der Waals surface area contributed by atoms with Crippen molar-refractivity contribution >= 4 is 60.6 Å². The van der Waals surface area contributed by atoms with Crippen molar-refractivity contribution in [3.8, 4) is 0 Å². The number of carboxylic acids is 3. The number of unbranched alkanes of at least 4 members (excludes halogenated alkanes) is 30. The maximum Gasteiger partial charge on any atom is 0.317 e. The molecular formula is C67H128N2O13S. The Kier molecular flexibility index (Phi) is 65.5. The lowest BCUT2D eigenvalue weighted by molar-refractivity contribution is -0.157. The number of ether oxygens (including phenoxy) is 2. The van der Waals surface area contributed by atoms with Gasteiger partial charge in [-0.25, -0.2) is 0 Å². The molecule has 2 amide bonds. The van der Waals surface area contributed by atoms with E-state index in [-0.39, 0.29) is 74.9 Å². The third-order valence-corrected chi connectivity index (χ3v) is 15.9. The molecular weight excluding hydrogens is 1070 g/mol. The molecule has 0 aromatic heterocycles. The second kappa shape index (κ2) is 63.1. The van der Waals surface area contributed by atoms with Gasteiger partial charge in [0.25, 0.3) is 0 Å². The van der Waals surface area contributed by atoms with Gasteiger partial charge in [-0.1, -0.05) is 240 Å². The largest absolute Gasteiger partial charge is 0.481 e. The highest BCUT2D eigenvalue weighted by Crippen LogP contribution is 2.36. The minimum atomic E-state index is -1.32. The zero-order chi connectivity index (χ0) is 61.8. The molecule has 2 atom stereocenters. The Morgan fingerprint density at radius 1 is 0.398 bits per heavy atom. The normalized spacial score (nSPS) is 12.3. The topological polar surface area (TPSA) is 240 Å². The summed E-state index contributed by atoms with van der Waals surface area (Å²) in [6.07, 6.45) is 40.5. The van der Waals surface area contributed by atoms with Crippen molar-refractivity contribution in [2.75, 3.05) is 40.0 Å². The Bertz CT molecular complexity index is 1480. The lowest BCUT2D eigenvalue weighted by Gasteiger charge is -2.30. The van der Waals surface area contributed by atoms with Crippen molar-refractivity contribution in [3.63, 3.8) is 0 Å². The van der Waals surface area contributed by atoms with Crippen LogP contribution in [-0.2, 0) is 47.8 Å². The number of carboxylic acid groups (broad SMARTS) is 3. The maximum absolute atomic E-state index is 13.4. The molecule has 0 saturated carbocycles. The van der Waals surface area contributed by atoms with Gasteiger partial charge in [0.1, 0.15) is 28.2 Å². The summed E-state index contributed by atoms with van der Waals surface area (Å²) in [6, 6.07) is 0. The van der Waals surface area contributed by atoms with E-state index >= 15 is 0 Å². The highest BCUT2D eigenvalue weighted by molar-refractivity contribution is 7.59. The first-order valence-electron chi connectivity index (χ1n) is 33.5. The number of aliphatic carboxylic acids is 3. The molecule has 0 aliphatic carbocycles. The van der Waals surface area contributed by atoms with E-state index in [1.54, 1.807) is 14.0 Å². The SMILES string of the molecule is CC.CCCCCCCCCCCC(CCCCCCCCCCC(=O)O)(C(=O)O)C(=O)CCCOCCC(=O)NC.CCCCCCCCCCCC(CCCCCCCCCCC(=O)O)(C(C)=O)C(=O)NCCOCCC(=O)CC.S. The fraction of sp³-hybridized carbons (Fsp3) is 0.881. The van der Waals surface area contributed by atoms with Crippen LogP contribution in [0.1, 0.15) is 330 Å². The van der Waals surface area contributed by atoms with Gasteiger partial charge in [0.05, 0.1) is 19.8 Å². The Balaban J connectivity index is -0.000000721. The molecule has 0 aliphatic heterocycles. The van der Waals surface area contributed by atoms with Crippen LogP contribution in [0.3, 0.4) is 0 Å². The summed E-state index contributed by atoms with van der Waals surface area (Å²) >= 11 is 0. The Morgan fingerprint density at radius 2 is 0.735 bits per heavy atom. The molecule has 2 unspecified atom stereocenters. The van der Waals surface area contributed by atoms with E-state index in [2.05, 4.69) is 24.5 Å². The second-order valence-corrected chi connectivity index (χ2v) is 22.7. The smallest absolute Gasteiger partial charge is 0.317 e. The van der Waals surface area contributed by atoms with Crippen LogP contribution in [0.15, 0.2) is 0 Å². The number of hydrogen-bond donors (Lipinski definition) is 5. The first kappa shape index (κ1) is 86.1. The van der Waals surface area contributed by atoms with E-state index < -0.39 is 28.7 Å². The summed E-state index contributed by atoms with van der Waals surface area (Å²) in [6.45, 7) is 13.5. The molecule has 0 heterocycles. The molecule has 0 aliphatic rings. The van der Waals surface area contributed by atoms with E-state index in [0.717, 1.165) is 141 Å². The van der Waals surface area contributed by atoms with Crippen molar-refractivity contribution in [3.05, 3.63) is 0 Å². The lowest BCUT2D eigenvalue weighted by atomic mass is 9.73. The van der Waals surface area contributed by atoms with Crippen LogP contribution in [0, 0.1) is 10.8 Å². The van der Waals surface area contributed by atoms with Crippen molar-refractivity contribution < 1.29 is 63.1 Å². The van der Waals surface area contributed by atoms with E-state index in [1.165, 1.54) is 77.0 Å². The van der Waals surface area contributed by atoms with Crippen LogP contribution in [0.5, 0.6) is 0 Å². The predicted octanol–water partition coefficient (Wildman–Crippen LogP) is 16.6. The van der Waals surface area contributed by atoms with E-state index in [1.807, 2.05) is 20.8 Å². The average molecular weight is 1200 g/mol. The highest BCUT2D eigenvalue weighted by Gasteiger charge is 2.44. The lowest BCUT2D eigenvalue weighted by Crippen LogP contribution is -2.46. The fourth-order valence-corrected chi connectivity index (χ4v) is 10.4. The zero-order valence-electron chi connectivity index (χ0n) is 54.3. The number of carbonyl (C=O) groups is 8. The summed E-state index contributed by atoms with van der Waals surface area (Å²) < 4.78 is 11.0. The van der Waals surface area contributed by atoms with Gasteiger partial charge in [-0.05, 0) is 51.9 Å². The molecule has 16 heteroatoms. The fourth-order valence-electron chi connectivity index (χ4n) is 10.4. The monoisotopic (exact) mass is 1200 g/mol. The van der Waals surface area contributed by atoms with Gasteiger partial charge in [-0.3, -0.25) is 38.4 Å². The number of amides is 2. The Morgan fingerprint density at radius 3 is 1.07 bits per heavy atom. The van der Waals surface area contributed by atoms with Gasteiger partial charge in [0, 0.05) is 58.7 Å². The maximum atomic E-state index is 13.4. The van der Waals surface area contributed by atoms with Gasteiger partial charge in [0.15, 0.2) is 0 Å². The van der Waals surface area contributed by atoms with Crippen molar-refractivity contribution in [2.24, 2.45) is 10.8 Å². The van der Waals surface area contributed by atoms with Crippen molar-refractivity contribution in [2.45, 2.75) is 330 Å². The molecule has 15 nitrogen and oxygen atoms in total. The number of nitrogens with one attached hydrogen (secondary N) is 2. The van der Waals surface area contributed by atoms with Crippen molar-refractivity contribution in [1.82, 2.24) is 10.6 Å². The third kappa shape index (κ3) is 51.6. The van der Waals surface area contributed by atoms with Gasteiger partial charge in [-0.15, -0.1) is 0 Å². The molecule has 0 spiro atoms. The molecule has 0 rings (SSSR count). The third-order valence-electron chi connectivity index (χ3n) is 15.9. The zero-order valence-corrected chi connectivity index (χ0v) is 55.3. The molecule has 0 aromatic carbocycles. The summed E-state index contributed by atoms with van der Waals surface area (Å²) in [4.78, 5) is 96.2. The van der Waals surface area contributed by atoms with E-state index in [0.29, 0.717) is 71.3 Å². The molecule has 0 bridgehead atoms. The molecule has 490 valence electrons. The summed E-state index contributed by atoms with van der Waals surface area (Å²) in [5.74, 6) is -2.80. The van der Waals surface area contributed by atoms with Gasteiger partial charge < -0.3 is 35.4 Å². The number of hydrogen-bond acceptors (Lipinski definition) is 10. The van der Waals surface area contributed by atoms with Crippen LogP contribution in [0.2, 0.25) is 0 Å². The molecule has 83 heavy (non-hydrogen) atoms. The van der Waals surface area contributed by atoms with E-state index in [9.17, 15) is 43.5 Å². The standard InChI is InChI=1S/C33H61NO6.C32H59NO7.C2H6.H2S/c1-4-6-7-8-9-11-14-17-20-24-33(29(3)35,32(39)34-26-28-40-27-23-30(36)5-2)25-21-18-15-12-10-13-16-19-22-31(37)38;1-3-4-5-6-7-9-12-15-18-24-32(31(38)39,28(34)21-20-26-40-27-23-29(35)33-2)25-19-16-13-10-8-11-14-17-22-30(36)37;1-2;/h4-28H2,1-3H3,(H,34,39)(H,37,38);3-27H2,1-2H3,(H,33,35)(H,36,37)(H,38,39);1-2H3;1H2.